The number of carbonyl (C=O) groups is 1. The molecule has 3 aliphatic heterocycles. The molecule has 29 heavy (non-hydrogen) atoms. The Morgan fingerprint density at radius 3 is 2.66 bits per heavy atom. The Morgan fingerprint density at radius 1 is 1.03 bits per heavy atom. The summed E-state index contributed by atoms with van der Waals surface area (Å²) >= 11 is 0. The van der Waals surface area contributed by atoms with E-state index < -0.39 is 0 Å². The number of morpholine rings is 1. The first-order chi connectivity index (χ1) is 14.3. The normalized spacial score (nSPS) is 21.3. The molecule has 0 saturated carbocycles. The number of fused-ring (bicyclic) bond motifs is 1. The lowest BCUT2D eigenvalue weighted by Gasteiger charge is -2.29. The summed E-state index contributed by atoms with van der Waals surface area (Å²) in [5, 5.41) is 6.39. The molecule has 0 aromatic heterocycles. The molecule has 0 N–H and O–H groups in total. The number of benzene rings is 2. The minimum atomic E-state index is -0.159. The highest BCUT2D eigenvalue weighted by Crippen LogP contribution is 2.39. The van der Waals surface area contributed by atoms with E-state index in [2.05, 4.69) is 4.90 Å². The number of ether oxygens (including phenoxy) is 3. The van der Waals surface area contributed by atoms with Crippen molar-refractivity contribution in [2.24, 2.45) is 5.10 Å². The molecule has 7 heteroatoms. The van der Waals surface area contributed by atoms with Gasteiger partial charge in [-0.3, -0.25) is 9.69 Å². The number of hydrogen-bond donors (Lipinski definition) is 0. The fourth-order valence-electron chi connectivity index (χ4n) is 3.95. The highest BCUT2D eigenvalue weighted by atomic mass is 16.7. The van der Waals surface area contributed by atoms with Crippen molar-refractivity contribution in [3.05, 3.63) is 59.7 Å². The first kappa shape index (κ1) is 18.1. The zero-order valence-corrected chi connectivity index (χ0v) is 16.1. The summed E-state index contributed by atoms with van der Waals surface area (Å²) in [4.78, 5) is 15.3. The van der Waals surface area contributed by atoms with Crippen LogP contribution in [-0.4, -0.2) is 61.2 Å². The van der Waals surface area contributed by atoms with Crippen molar-refractivity contribution in [2.45, 2.75) is 12.5 Å². The molecule has 5 rings (SSSR count). The highest BCUT2D eigenvalue weighted by Gasteiger charge is 2.34. The molecule has 0 radical (unpaired) electrons. The van der Waals surface area contributed by atoms with Crippen LogP contribution in [0, 0.1) is 0 Å². The minimum absolute atomic E-state index is 0.000461. The third-order valence-corrected chi connectivity index (χ3v) is 5.52. The van der Waals surface area contributed by atoms with Crippen molar-refractivity contribution < 1.29 is 19.0 Å². The summed E-state index contributed by atoms with van der Waals surface area (Å²) in [6.07, 6.45) is 0.665. The molecule has 0 bridgehead atoms. The summed E-state index contributed by atoms with van der Waals surface area (Å²) in [6, 6.07) is 15.7. The van der Waals surface area contributed by atoms with Crippen molar-refractivity contribution in [2.75, 3.05) is 39.6 Å². The first-order valence-electron chi connectivity index (χ1n) is 9.92. The van der Waals surface area contributed by atoms with E-state index >= 15 is 0 Å². The van der Waals surface area contributed by atoms with Gasteiger partial charge in [0.05, 0.1) is 31.5 Å². The van der Waals surface area contributed by atoms with Gasteiger partial charge >= 0.3 is 0 Å². The van der Waals surface area contributed by atoms with E-state index in [-0.39, 0.29) is 18.7 Å². The zero-order chi connectivity index (χ0) is 19.6. The fraction of sp³-hybridized carbons (Fsp3) is 0.364. The summed E-state index contributed by atoms with van der Waals surface area (Å²) in [6.45, 7) is 3.44. The van der Waals surface area contributed by atoms with Crippen LogP contribution in [0.4, 0.5) is 0 Å². The molecule has 1 fully saturated rings. The second kappa shape index (κ2) is 7.85. The third kappa shape index (κ3) is 3.71. The van der Waals surface area contributed by atoms with Crippen LogP contribution < -0.4 is 9.47 Å². The monoisotopic (exact) mass is 393 g/mol. The van der Waals surface area contributed by atoms with Gasteiger partial charge in [0.15, 0.2) is 11.5 Å². The van der Waals surface area contributed by atoms with Gasteiger partial charge in [-0.25, -0.2) is 5.01 Å². The van der Waals surface area contributed by atoms with Crippen molar-refractivity contribution in [1.29, 1.82) is 0 Å². The smallest absolute Gasteiger partial charge is 0.257 e. The van der Waals surface area contributed by atoms with Crippen LogP contribution in [-0.2, 0) is 9.53 Å². The van der Waals surface area contributed by atoms with Gasteiger partial charge in [-0.1, -0.05) is 36.4 Å². The van der Waals surface area contributed by atoms with Gasteiger partial charge in [0.1, 0.15) is 0 Å². The van der Waals surface area contributed by atoms with Gasteiger partial charge in [-0.2, -0.15) is 5.10 Å². The van der Waals surface area contributed by atoms with Crippen molar-refractivity contribution >= 4 is 11.6 Å². The average molecular weight is 393 g/mol. The quantitative estimate of drug-likeness (QED) is 0.798. The predicted octanol–water partition coefficient (Wildman–Crippen LogP) is 2.43. The van der Waals surface area contributed by atoms with E-state index in [0.717, 1.165) is 41.4 Å². The van der Waals surface area contributed by atoms with Gasteiger partial charge in [0, 0.05) is 19.5 Å². The Labute approximate surface area is 169 Å². The van der Waals surface area contributed by atoms with Crippen LogP contribution in [0.2, 0.25) is 0 Å². The van der Waals surface area contributed by atoms with E-state index in [1.54, 1.807) is 5.01 Å². The second-order valence-electron chi connectivity index (χ2n) is 7.37. The number of carbonyl (C=O) groups excluding carboxylic acids is 1. The lowest BCUT2D eigenvalue weighted by Crippen LogP contribution is -2.43. The zero-order valence-electron chi connectivity index (χ0n) is 16.1. The second-order valence-corrected chi connectivity index (χ2v) is 7.37. The van der Waals surface area contributed by atoms with Crippen molar-refractivity contribution in [3.63, 3.8) is 0 Å². The maximum Gasteiger partial charge on any atom is 0.257 e. The lowest BCUT2D eigenvalue weighted by atomic mass is 9.98. The van der Waals surface area contributed by atoms with Crippen LogP contribution in [0.15, 0.2) is 53.6 Å². The van der Waals surface area contributed by atoms with Gasteiger partial charge in [-0.15, -0.1) is 0 Å². The molecular formula is C22H23N3O4. The van der Waals surface area contributed by atoms with Crippen LogP contribution in [0.3, 0.4) is 0 Å². The number of nitrogens with zero attached hydrogens (tertiary/aromatic N) is 3. The maximum atomic E-state index is 13.2. The average Bonchev–Trinajstić information content (AvgIpc) is 3.42. The maximum absolute atomic E-state index is 13.2. The fourth-order valence-corrected chi connectivity index (χ4v) is 3.95. The minimum Gasteiger partial charge on any atom is -0.454 e. The third-order valence-electron chi connectivity index (χ3n) is 5.52. The SMILES string of the molecule is O=C(CN1CCOCC1)N1N=C(c2ccccc2)C[C@H]1c1ccc2c(c1)OCO2. The Kier molecular flexibility index (Phi) is 4.91. The number of rotatable bonds is 4. The lowest BCUT2D eigenvalue weighted by molar-refractivity contribution is -0.135. The van der Waals surface area contributed by atoms with E-state index in [1.807, 2.05) is 48.5 Å². The highest BCUT2D eigenvalue weighted by molar-refractivity contribution is 6.03. The van der Waals surface area contributed by atoms with E-state index in [9.17, 15) is 4.79 Å². The largest absolute Gasteiger partial charge is 0.454 e. The van der Waals surface area contributed by atoms with Crippen LogP contribution in [0.25, 0.3) is 0 Å². The molecular weight excluding hydrogens is 370 g/mol. The number of amides is 1. The summed E-state index contributed by atoms with van der Waals surface area (Å²) < 4.78 is 16.4. The molecule has 7 nitrogen and oxygen atoms in total. The van der Waals surface area contributed by atoms with Gasteiger partial charge in [0.2, 0.25) is 6.79 Å². The van der Waals surface area contributed by atoms with Crippen LogP contribution in [0.1, 0.15) is 23.6 Å². The summed E-state index contributed by atoms with van der Waals surface area (Å²) in [7, 11) is 0. The molecule has 3 heterocycles. The topological polar surface area (TPSA) is 63.6 Å². The Bertz CT molecular complexity index is 925. The Morgan fingerprint density at radius 2 is 1.83 bits per heavy atom. The Hall–Kier alpha value is -2.90. The van der Waals surface area contributed by atoms with Crippen LogP contribution >= 0.6 is 0 Å². The predicted molar refractivity (Wildman–Crippen MR) is 107 cm³/mol. The molecule has 2 aromatic rings. The van der Waals surface area contributed by atoms with Crippen molar-refractivity contribution in [1.82, 2.24) is 9.91 Å². The van der Waals surface area contributed by atoms with Gasteiger partial charge < -0.3 is 14.2 Å². The van der Waals surface area contributed by atoms with Gasteiger partial charge in [-0.05, 0) is 23.3 Å². The van der Waals surface area contributed by atoms with E-state index in [1.165, 1.54) is 0 Å². The number of hydrazone groups is 1. The molecule has 1 saturated heterocycles. The molecule has 1 atom stereocenters. The summed E-state index contributed by atoms with van der Waals surface area (Å²) in [5.41, 5.74) is 2.96. The molecule has 0 spiro atoms. The molecule has 1 amide bonds. The van der Waals surface area contributed by atoms with Gasteiger partial charge in [0.25, 0.3) is 5.91 Å². The standard InChI is InChI=1S/C22H23N3O4/c26-22(14-24-8-10-27-11-9-24)25-19(13-18(23-25)16-4-2-1-3-5-16)17-6-7-20-21(12-17)29-15-28-20/h1-7,12,19H,8-11,13-15H2/t19-/m0/s1. The molecule has 3 aliphatic rings. The van der Waals surface area contributed by atoms with E-state index in [0.29, 0.717) is 26.2 Å². The Balaban J connectivity index is 1.43. The molecule has 0 unspecified atom stereocenters. The molecule has 150 valence electrons. The summed E-state index contributed by atoms with van der Waals surface area (Å²) in [5.74, 6) is 1.46. The van der Waals surface area contributed by atoms with E-state index in [4.69, 9.17) is 19.3 Å². The van der Waals surface area contributed by atoms with Crippen LogP contribution in [0.5, 0.6) is 11.5 Å². The van der Waals surface area contributed by atoms with Crippen molar-refractivity contribution in [3.8, 4) is 11.5 Å². The molecule has 0 aliphatic carbocycles. The first-order valence-corrected chi connectivity index (χ1v) is 9.92. The number of hydrogen-bond acceptors (Lipinski definition) is 6. The molecule has 2 aromatic carbocycles.